The van der Waals surface area contributed by atoms with Crippen LogP contribution in [-0.2, 0) is 6.42 Å². The average Bonchev–Trinajstić information content (AvgIpc) is 3.23. The first-order valence-corrected chi connectivity index (χ1v) is 10.2. The molecule has 4 aromatic rings. The van der Waals surface area contributed by atoms with Crippen LogP contribution in [-0.4, -0.2) is 28.8 Å². The van der Waals surface area contributed by atoms with Gasteiger partial charge in [-0.15, -0.1) is 0 Å². The van der Waals surface area contributed by atoms with E-state index in [2.05, 4.69) is 21.7 Å². The number of amides is 2. The molecule has 0 radical (unpaired) electrons. The van der Waals surface area contributed by atoms with Gasteiger partial charge in [0.25, 0.3) is 0 Å². The second kappa shape index (κ2) is 9.69. The van der Waals surface area contributed by atoms with Crippen molar-refractivity contribution in [3.8, 4) is 17.6 Å². The highest BCUT2D eigenvalue weighted by Gasteiger charge is 2.15. The largest absolute Gasteiger partial charge is 0.456 e. The van der Waals surface area contributed by atoms with Crippen molar-refractivity contribution in [2.24, 2.45) is 0 Å². The summed E-state index contributed by atoms with van der Waals surface area (Å²) in [6.07, 6.45) is 2.40. The third-order valence-corrected chi connectivity index (χ3v) is 5.04. The Hall–Kier alpha value is -4.28. The number of nitrogens with one attached hydrogen (secondary N) is 3. The van der Waals surface area contributed by atoms with E-state index in [1.54, 1.807) is 48.5 Å². The Morgan fingerprint density at radius 3 is 2.59 bits per heavy atom. The summed E-state index contributed by atoms with van der Waals surface area (Å²) in [6.45, 7) is -0.183. The van der Waals surface area contributed by atoms with E-state index in [4.69, 9.17) is 10.00 Å². The summed E-state index contributed by atoms with van der Waals surface area (Å²) in [5, 5.41) is 25.5. The number of H-pyrrole nitrogens is 1. The van der Waals surface area contributed by atoms with Crippen molar-refractivity contribution in [1.29, 1.82) is 5.26 Å². The molecule has 0 aliphatic rings. The predicted octanol–water partition coefficient (Wildman–Crippen LogP) is 4.56. The number of para-hydroxylation sites is 2. The van der Waals surface area contributed by atoms with Gasteiger partial charge in [-0.1, -0.05) is 30.3 Å². The molecule has 160 valence electrons. The Balaban J connectivity index is 1.35. The summed E-state index contributed by atoms with van der Waals surface area (Å²) < 4.78 is 5.75. The standard InChI is InChI=1S/C25H22N4O3/c26-14-17-5-1-4-8-24(17)32-21-11-9-19(10-12-21)28-25(31)29-20(16-30)13-18-15-27-23-7-3-2-6-22(18)23/h1-12,15,20,27,30H,13,16H2,(H2,28,29,31). The molecule has 0 spiro atoms. The first-order chi connectivity index (χ1) is 15.7. The van der Waals surface area contributed by atoms with Crippen LogP contribution in [0.15, 0.2) is 79.0 Å². The maximum Gasteiger partial charge on any atom is 0.319 e. The second-order valence-corrected chi connectivity index (χ2v) is 7.28. The molecule has 32 heavy (non-hydrogen) atoms. The summed E-state index contributed by atoms with van der Waals surface area (Å²) in [5.74, 6) is 1.02. The highest BCUT2D eigenvalue weighted by Crippen LogP contribution is 2.26. The van der Waals surface area contributed by atoms with Gasteiger partial charge in [0.2, 0.25) is 0 Å². The topological polar surface area (TPSA) is 110 Å². The van der Waals surface area contributed by atoms with Gasteiger partial charge < -0.3 is 25.5 Å². The summed E-state index contributed by atoms with van der Waals surface area (Å²) in [6, 6.07) is 23.0. The molecule has 1 unspecified atom stereocenters. The molecule has 3 aromatic carbocycles. The number of aromatic nitrogens is 1. The molecular weight excluding hydrogens is 404 g/mol. The Kier molecular flexibility index (Phi) is 6.35. The summed E-state index contributed by atoms with van der Waals surface area (Å²) in [4.78, 5) is 15.6. The van der Waals surface area contributed by atoms with Crippen molar-refractivity contribution in [3.05, 3.63) is 90.1 Å². The molecule has 1 aromatic heterocycles. The molecule has 0 bridgehead atoms. The molecule has 0 saturated heterocycles. The number of aromatic amines is 1. The molecule has 7 nitrogen and oxygen atoms in total. The zero-order valence-corrected chi connectivity index (χ0v) is 17.2. The fraction of sp³-hybridized carbons (Fsp3) is 0.120. The lowest BCUT2D eigenvalue weighted by Crippen LogP contribution is -2.41. The van der Waals surface area contributed by atoms with E-state index in [1.807, 2.05) is 30.5 Å². The van der Waals surface area contributed by atoms with E-state index in [1.165, 1.54) is 0 Å². The van der Waals surface area contributed by atoms with Gasteiger partial charge >= 0.3 is 6.03 Å². The van der Waals surface area contributed by atoms with E-state index in [9.17, 15) is 9.90 Å². The maximum atomic E-state index is 12.4. The molecule has 4 N–H and O–H groups in total. The quantitative estimate of drug-likeness (QED) is 0.347. The smallest absolute Gasteiger partial charge is 0.319 e. The number of carbonyl (C=O) groups is 1. The van der Waals surface area contributed by atoms with Gasteiger partial charge in [-0.3, -0.25) is 0 Å². The first-order valence-electron chi connectivity index (χ1n) is 10.2. The molecule has 1 atom stereocenters. The predicted molar refractivity (Wildman–Crippen MR) is 123 cm³/mol. The van der Waals surface area contributed by atoms with Gasteiger partial charge in [-0.25, -0.2) is 4.79 Å². The average molecular weight is 426 g/mol. The van der Waals surface area contributed by atoms with Gasteiger partial charge in [0, 0.05) is 22.8 Å². The summed E-state index contributed by atoms with van der Waals surface area (Å²) >= 11 is 0. The molecule has 0 aliphatic carbocycles. The number of ether oxygens (including phenoxy) is 1. The van der Waals surface area contributed by atoms with Gasteiger partial charge in [-0.05, 0) is 54.4 Å². The lowest BCUT2D eigenvalue weighted by atomic mass is 10.1. The maximum absolute atomic E-state index is 12.4. The first kappa shape index (κ1) is 21.0. The number of hydrogen-bond acceptors (Lipinski definition) is 4. The van der Waals surface area contributed by atoms with Crippen LogP contribution in [0.25, 0.3) is 10.9 Å². The van der Waals surface area contributed by atoms with Gasteiger partial charge in [0.1, 0.15) is 17.6 Å². The summed E-state index contributed by atoms with van der Waals surface area (Å²) in [5.41, 5.74) is 3.06. The number of nitriles is 1. The number of carbonyl (C=O) groups excluding carboxylic acids is 1. The van der Waals surface area contributed by atoms with Gasteiger partial charge in [-0.2, -0.15) is 5.26 Å². The monoisotopic (exact) mass is 426 g/mol. The number of aliphatic hydroxyl groups is 1. The minimum absolute atomic E-state index is 0.183. The second-order valence-electron chi connectivity index (χ2n) is 7.28. The van der Waals surface area contributed by atoms with E-state index < -0.39 is 12.1 Å². The zero-order chi connectivity index (χ0) is 22.3. The fourth-order valence-electron chi connectivity index (χ4n) is 3.46. The Morgan fingerprint density at radius 1 is 1.06 bits per heavy atom. The molecule has 2 amide bonds. The highest BCUT2D eigenvalue weighted by molar-refractivity contribution is 5.89. The lowest BCUT2D eigenvalue weighted by Gasteiger charge is -2.17. The van der Waals surface area contributed by atoms with Gasteiger partial charge in [0.05, 0.1) is 18.2 Å². The van der Waals surface area contributed by atoms with E-state index in [0.29, 0.717) is 29.2 Å². The molecule has 1 heterocycles. The molecule has 0 aliphatic heterocycles. The normalized spacial score (nSPS) is 11.5. The SMILES string of the molecule is N#Cc1ccccc1Oc1ccc(NC(=O)NC(CO)Cc2c[nH]c3ccccc23)cc1. The minimum atomic E-state index is -0.431. The molecule has 0 fully saturated rings. The molecular formula is C25H22N4O3. The van der Waals surface area contributed by atoms with E-state index in [0.717, 1.165) is 16.5 Å². The van der Waals surface area contributed by atoms with Crippen LogP contribution in [0.1, 0.15) is 11.1 Å². The highest BCUT2D eigenvalue weighted by atomic mass is 16.5. The van der Waals surface area contributed by atoms with Crippen LogP contribution >= 0.6 is 0 Å². The van der Waals surface area contributed by atoms with Crippen molar-refractivity contribution < 1.29 is 14.6 Å². The molecule has 0 saturated carbocycles. The Labute approximate surface area is 185 Å². The van der Waals surface area contributed by atoms with E-state index >= 15 is 0 Å². The Bertz CT molecular complexity index is 1260. The van der Waals surface area contributed by atoms with Crippen LogP contribution in [0, 0.1) is 11.3 Å². The number of nitrogens with zero attached hydrogens (tertiary/aromatic N) is 1. The number of fused-ring (bicyclic) bond motifs is 1. The van der Waals surface area contributed by atoms with Gasteiger partial charge in [0.15, 0.2) is 0 Å². The molecule has 4 rings (SSSR count). The zero-order valence-electron chi connectivity index (χ0n) is 17.2. The van der Waals surface area contributed by atoms with Crippen LogP contribution in [0.5, 0.6) is 11.5 Å². The van der Waals surface area contributed by atoms with Crippen molar-refractivity contribution in [2.75, 3.05) is 11.9 Å². The fourth-order valence-corrected chi connectivity index (χ4v) is 3.46. The van der Waals surface area contributed by atoms with Crippen LogP contribution in [0.4, 0.5) is 10.5 Å². The number of aliphatic hydroxyl groups excluding tert-OH is 1. The van der Waals surface area contributed by atoms with Crippen molar-refractivity contribution in [2.45, 2.75) is 12.5 Å². The van der Waals surface area contributed by atoms with Crippen molar-refractivity contribution >= 4 is 22.6 Å². The van der Waals surface area contributed by atoms with E-state index in [-0.39, 0.29) is 6.61 Å². The number of urea groups is 1. The van der Waals surface area contributed by atoms with Crippen LogP contribution < -0.4 is 15.4 Å². The molecule has 7 heteroatoms. The third kappa shape index (κ3) is 4.89. The minimum Gasteiger partial charge on any atom is -0.456 e. The van der Waals surface area contributed by atoms with Crippen molar-refractivity contribution in [1.82, 2.24) is 10.3 Å². The number of anilines is 1. The number of rotatable bonds is 7. The van der Waals surface area contributed by atoms with Crippen LogP contribution in [0.2, 0.25) is 0 Å². The summed E-state index contributed by atoms with van der Waals surface area (Å²) in [7, 11) is 0. The Morgan fingerprint density at radius 2 is 1.81 bits per heavy atom. The number of benzene rings is 3. The number of hydrogen-bond donors (Lipinski definition) is 4. The third-order valence-electron chi connectivity index (χ3n) is 5.04. The van der Waals surface area contributed by atoms with Crippen molar-refractivity contribution in [3.63, 3.8) is 0 Å². The lowest BCUT2D eigenvalue weighted by molar-refractivity contribution is 0.224. The van der Waals surface area contributed by atoms with Crippen LogP contribution in [0.3, 0.4) is 0 Å².